The van der Waals surface area contributed by atoms with Gasteiger partial charge in [0, 0.05) is 18.8 Å². The number of rotatable bonds is 3. The molecular weight excluding hydrogens is 312 g/mol. The minimum absolute atomic E-state index is 0.191. The van der Waals surface area contributed by atoms with Crippen LogP contribution in [0.15, 0.2) is 30.6 Å². The molecular formula is C21H26N2O2. The van der Waals surface area contributed by atoms with Crippen LogP contribution >= 0.6 is 0 Å². The lowest BCUT2D eigenvalue weighted by molar-refractivity contribution is 0.0599. The first-order valence-corrected chi connectivity index (χ1v) is 8.76. The van der Waals surface area contributed by atoms with Crippen molar-refractivity contribution in [2.24, 2.45) is 0 Å². The molecule has 0 amide bonds. The number of benzene rings is 1. The first-order chi connectivity index (χ1) is 11.7. The number of aromatic nitrogens is 2. The number of nitrogens with zero attached hydrogens (tertiary/aromatic N) is 2. The standard InChI is InChI=1S/C21H26N2O2/c1-20(2)8-9-21(3,4)17-10-14(6-7-16(17)20)11-18-22-12-15(13-23-18)19(24)25-5/h6-7,10,12-13H,8-9,11H2,1-5H3. The van der Waals surface area contributed by atoms with Crippen molar-refractivity contribution in [3.63, 3.8) is 0 Å². The van der Waals surface area contributed by atoms with E-state index in [1.54, 1.807) is 0 Å². The molecule has 0 unspecified atom stereocenters. The molecule has 0 fully saturated rings. The van der Waals surface area contributed by atoms with Gasteiger partial charge in [0.1, 0.15) is 5.82 Å². The second-order valence-corrected chi connectivity index (χ2v) is 8.20. The van der Waals surface area contributed by atoms with Crippen LogP contribution in [0.1, 0.15) is 73.4 Å². The molecule has 0 atom stereocenters. The van der Waals surface area contributed by atoms with Crippen molar-refractivity contribution in [1.29, 1.82) is 0 Å². The molecule has 0 saturated heterocycles. The summed E-state index contributed by atoms with van der Waals surface area (Å²) in [6, 6.07) is 6.77. The zero-order valence-corrected chi connectivity index (χ0v) is 15.7. The van der Waals surface area contributed by atoms with Gasteiger partial charge in [-0.2, -0.15) is 0 Å². The number of ether oxygens (including phenoxy) is 1. The van der Waals surface area contributed by atoms with E-state index in [4.69, 9.17) is 0 Å². The van der Waals surface area contributed by atoms with Crippen molar-refractivity contribution < 1.29 is 9.53 Å². The van der Waals surface area contributed by atoms with E-state index < -0.39 is 5.97 Å². The third kappa shape index (κ3) is 3.44. The molecule has 0 radical (unpaired) electrons. The third-order valence-electron chi connectivity index (χ3n) is 5.41. The van der Waals surface area contributed by atoms with Gasteiger partial charge in [-0.25, -0.2) is 14.8 Å². The van der Waals surface area contributed by atoms with E-state index >= 15 is 0 Å². The third-order valence-corrected chi connectivity index (χ3v) is 5.41. The Morgan fingerprint density at radius 1 is 1.04 bits per heavy atom. The molecule has 0 bridgehead atoms. The number of carbonyl (C=O) groups is 1. The van der Waals surface area contributed by atoms with Gasteiger partial charge in [-0.3, -0.25) is 0 Å². The maximum Gasteiger partial charge on any atom is 0.341 e. The highest BCUT2D eigenvalue weighted by atomic mass is 16.5. The second kappa shape index (κ2) is 6.25. The van der Waals surface area contributed by atoms with Crippen molar-refractivity contribution in [3.8, 4) is 0 Å². The van der Waals surface area contributed by atoms with E-state index in [9.17, 15) is 4.79 Å². The Balaban J connectivity index is 1.88. The van der Waals surface area contributed by atoms with Crippen LogP contribution in [0.25, 0.3) is 0 Å². The van der Waals surface area contributed by atoms with Gasteiger partial charge in [0.25, 0.3) is 0 Å². The van der Waals surface area contributed by atoms with Gasteiger partial charge in [0.2, 0.25) is 0 Å². The summed E-state index contributed by atoms with van der Waals surface area (Å²) < 4.78 is 4.68. The van der Waals surface area contributed by atoms with E-state index in [-0.39, 0.29) is 10.8 Å². The van der Waals surface area contributed by atoms with E-state index in [1.165, 1.54) is 49.0 Å². The fourth-order valence-electron chi connectivity index (χ4n) is 3.60. The first-order valence-electron chi connectivity index (χ1n) is 8.76. The predicted molar refractivity (Wildman–Crippen MR) is 97.9 cm³/mol. The van der Waals surface area contributed by atoms with Gasteiger partial charge < -0.3 is 4.74 Å². The summed E-state index contributed by atoms with van der Waals surface area (Å²) in [5.74, 6) is 0.296. The lowest BCUT2D eigenvalue weighted by atomic mass is 9.63. The largest absolute Gasteiger partial charge is 0.465 e. The van der Waals surface area contributed by atoms with E-state index in [0.29, 0.717) is 17.8 Å². The summed E-state index contributed by atoms with van der Waals surface area (Å²) in [6.07, 6.45) is 6.12. The second-order valence-electron chi connectivity index (χ2n) is 8.20. The molecule has 2 aromatic rings. The minimum Gasteiger partial charge on any atom is -0.465 e. The fourth-order valence-corrected chi connectivity index (χ4v) is 3.60. The highest BCUT2D eigenvalue weighted by Gasteiger charge is 2.36. The average molecular weight is 338 g/mol. The van der Waals surface area contributed by atoms with Crippen LogP contribution in [0.3, 0.4) is 0 Å². The highest BCUT2D eigenvalue weighted by Crippen LogP contribution is 2.45. The van der Waals surface area contributed by atoms with Crippen LogP contribution in [-0.2, 0) is 22.0 Å². The quantitative estimate of drug-likeness (QED) is 0.787. The molecule has 1 aliphatic rings. The van der Waals surface area contributed by atoms with Gasteiger partial charge in [-0.1, -0.05) is 45.9 Å². The Kier molecular flexibility index (Phi) is 4.40. The normalized spacial score (nSPS) is 17.6. The SMILES string of the molecule is COC(=O)c1cnc(Cc2ccc3c(c2)C(C)(C)CCC3(C)C)nc1. The Morgan fingerprint density at radius 3 is 2.24 bits per heavy atom. The number of fused-ring (bicyclic) bond motifs is 1. The number of hydrogen-bond acceptors (Lipinski definition) is 4. The van der Waals surface area contributed by atoms with Crippen LogP contribution in [0.2, 0.25) is 0 Å². The summed E-state index contributed by atoms with van der Waals surface area (Å²) >= 11 is 0. The lowest BCUT2D eigenvalue weighted by Crippen LogP contribution is -2.33. The Labute approximate surface area is 149 Å². The van der Waals surface area contributed by atoms with Crippen LogP contribution in [0.5, 0.6) is 0 Å². The molecule has 0 N–H and O–H groups in total. The number of methoxy groups -OCH3 is 1. The molecule has 1 heterocycles. The van der Waals surface area contributed by atoms with Crippen LogP contribution in [0, 0.1) is 0 Å². The molecule has 0 aliphatic heterocycles. The van der Waals surface area contributed by atoms with Crippen molar-refractivity contribution in [1.82, 2.24) is 9.97 Å². The molecule has 0 spiro atoms. The Morgan fingerprint density at radius 2 is 1.64 bits per heavy atom. The van der Waals surface area contributed by atoms with E-state index in [0.717, 1.165) is 0 Å². The molecule has 0 saturated carbocycles. The molecule has 4 nitrogen and oxygen atoms in total. The monoisotopic (exact) mass is 338 g/mol. The van der Waals surface area contributed by atoms with Crippen molar-refractivity contribution >= 4 is 5.97 Å². The Hall–Kier alpha value is -2.23. The molecule has 132 valence electrons. The van der Waals surface area contributed by atoms with Gasteiger partial charge in [0.05, 0.1) is 12.7 Å². The maximum absolute atomic E-state index is 11.5. The van der Waals surface area contributed by atoms with Crippen molar-refractivity contribution in [3.05, 3.63) is 58.7 Å². The van der Waals surface area contributed by atoms with Gasteiger partial charge in [0.15, 0.2) is 0 Å². The molecule has 1 aromatic heterocycles. The molecule has 1 aromatic carbocycles. The van der Waals surface area contributed by atoms with Crippen LogP contribution in [0.4, 0.5) is 0 Å². The van der Waals surface area contributed by atoms with Crippen molar-refractivity contribution in [2.45, 2.75) is 57.8 Å². The summed E-state index contributed by atoms with van der Waals surface area (Å²) in [6.45, 7) is 9.31. The summed E-state index contributed by atoms with van der Waals surface area (Å²) in [4.78, 5) is 20.1. The number of hydrogen-bond donors (Lipinski definition) is 0. The molecule has 25 heavy (non-hydrogen) atoms. The molecule has 1 aliphatic carbocycles. The van der Waals surface area contributed by atoms with Gasteiger partial charge in [-0.05, 0) is 40.4 Å². The van der Waals surface area contributed by atoms with Crippen LogP contribution in [-0.4, -0.2) is 23.0 Å². The smallest absolute Gasteiger partial charge is 0.341 e. The topological polar surface area (TPSA) is 52.1 Å². The minimum atomic E-state index is -0.413. The van der Waals surface area contributed by atoms with Gasteiger partial charge >= 0.3 is 5.97 Å². The summed E-state index contributed by atoms with van der Waals surface area (Å²) in [7, 11) is 1.35. The number of esters is 1. The van der Waals surface area contributed by atoms with Crippen molar-refractivity contribution in [2.75, 3.05) is 7.11 Å². The highest BCUT2D eigenvalue weighted by molar-refractivity contribution is 5.88. The maximum atomic E-state index is 11.5. The van der Waals surface area contributed by atoms with Gasteiger partial charge in [-0.15, -0.1) is 0 Å². The zero-order chi connectivity index (χ0) is 18.2. The number of carbonyl (C=O) groups excluding carboxylic acids is 1. The molecule has 3 rings (SSSR count). The fraction of sp³-hybridized carbons (Fsp3) is 0.476. The van der Waals surface area contributed by atoms with E-state index in [2.05, 4.69) is 60.6 Å². The predicted octanol–water partition coefficient (Wildman–Crippen LogP) is 4.20. The zero-order valence-electron chi connectivity index (χ0n) is 15.7. The molecule has 4 heteroatoms. The average Bonchev–Trinajstić information content (AvgIpc) is 2.59. The summed E-state index contributed by atoms with van der Waals surface area (Å²) in [5.41, 5.74) is 4.88. The van der Waals surface area contributed by atoms with E-state index in [1.807, 2.05) is 0 Å². The lowest BCUT2D eigenvalue weighted by Gasteiger charge is -2.42. The summed E-state index contributed by atoms with van der Waals surface area (Å²) in [5, 5.41) is 0. The van der Waals surface area contributed by atoms with Crippen LogP contribution < -0.4 is 0 Å². The Bertz CT molecular complexity index is 792. The first kappa shape index (κ1) is 17.6.